The van der Waals surface area contributed by atoms with E-state index in [1.807, 2.05) is 27.2 Å². The van der Waals surface area contributed by atoms with Gasteiger partial charge in [0.2, 0.25) is 5.91 Å². The van der Waals surface area contributed by atoms with E-state index >= 15 is 0 Å². The van der Waals surface area contributed by atoms with Crippen molar-refractivity contribution in [1.29, 1.82) is 0 Å². The molecule has 0 aromatic heterocycles. The summed E-state index contributed by atoms with van der Waals surface area (Å²) in [5, 5.41) is 13.9. The molecule has 0 aliphatic heterocycles. The first-order valence-corrected chi connectivity index (χ1v) is 31.4. The lowest BCUT2D eigenvalue weighted by Crippen LogP contribution is -2.45. The molecular formula is C63H115N2O6P. The molecule has 0 saturated carbocycles. The standard InChI is InChI=1S/C63H115N2O6P/c1-6-8-10-12-14-16-18-20-22-24-26-28-30-32-34-36-38-40-42-44-46-48-50-52-54-56-62(66)61(60-71-72(68,69)70-59-58-65(3,4)5)64-63(67)57-55-53-51-49-47-45-43-41-39-37-35-33-31-29-27-25-23-21-19-17-15-13-11-9-7-2/h9,11,15,17,21,23,27,29,33,35,39,41,54,56,61-62,66H,6-8,10,12-14,16,18-20,22,24-26,28,30-32,34,36-38,40,42-53,55,57-60H2,1-5H3,(H-,64,67,68,69)/b11-9-,17-15-,23-21-,29-27-,35-33-,41-39-,56-54+. The Bertz CT molecular complexity index is 1450. The van der Waals surface area contributed by atoms with Gasteiger partial charge in [0.05, 0.1) is 39.9 Å². The molecule has 9 heteroatoms. The molecule has 72 heavy (non-hydrogen) atoms. The molecule has 0 fully saturated rings. The van der Waals surface area contributed by atoms with Crippen LogP contribution in [-0.2, 0) is 18.4 Å². The van der Waals surface area contributed by atoms with Crippen LogP contribution in [0.2, 0.25) is 0 Å². The number of phosphoric acid groups is 1. The summed E-state index contributed by atoms with van der Waals surface area (Å²) < 4.78 is 23.4. The molecule has 0 radical (unpaired) electrons. The molecule has 0 rings (SSSR count). The highest BCUT2D eigenvalue weighted by atomic mass is 31.2. The van der Waals surface area contributed by atoms with Crippen LogP contribution in [0.5, 0.6) is 0 Å². The third kappa shape index (κ3) is 55.4. The first kappa shape index (κ1) is 69.7. The minimum absolute atomic E-state index is 0.00810. The summed E-state index contributed by atoms with van der Waals surface area (Å²) in [6.07, 6.45) is 75.2. The number of nitrogens with one attached hydrogen (secondary N) is 1. The third-order valence-electron chi connectivity index (χ3n) is 13.1. The summed E-state index contributed by atoms with van der Waals surface area (Å²) in [6, 6.07) is -0.901. The Kier molecular flexibility index (Phi) is 51.8. The Labute approximate surface area is 446 Å². The van der Waals surface area contributed by atoms with Gasteiger partial charge < -0.3 is 28.8 Å². The van der Waals surface area contributed by atoms with Crippen molar-refractivity contribution >= 4 is 13.7 Å². The number of allylic oxidation sites excluding steroid dienone is 13. The Morgan fingerprint density at radius 1 is 0.500 bits per heavy atom. The van der Waals surface area contributed by atoms with E-state index < -0.39 is 26.6 Å². The number of carbonyl (C=O) groups excluding carboxylic acids is 1. The highest BCUT2D eigenvalue weighted by Crippen LogP contribution is 2.38. The fourth-order valence-electron chi connectivity index (χ4n) is 8.45. The quantitative estimate of drug-likeness (QED) is 0.0272. The Balaban J connectivity index is 4.26. The van der Waals surface area contributed by atoms with Crippen LogP contribution in [-0.4, -0.2) is 68.5 Å². The normalized spacial score (nSPS) is 14.5. The van der Waals surface area contributed by atoms with Gasteiger partial charge in [-0.2, -0.15) is 0 Å². The second kappa shape index (κ2) is 53.5. The van der Waals surface area contributed by atoms with Crippen molar-refractivity contribution in [1.82, 2.24) is 5.32 Å². The van der Waals surface area contributed by atoms with Gasteiger partial charge in [-0.3, -0.25) is 9.36 Å². The maximum Gasteiger partial charge on any atom is 0.268 e. The summed E-state index contributed by atoms with van der Waals surface area (Å²) in [7, 11) is 1.24. The second-order valence-electron chi connectivity index (χ2n) is 21.3. The maximum atomic E-state index is 13.0. The predicted molar refractivity (Wildman–Crippen MR) is 311 cm³/mol. The number of amides is 1. The van der Waals surface area contributed by atoms with E-state index in [0.717, 1.165) is 96.3 Å². The van der Waals surface area contributed by atoms with Crippen molar-refractivity contribution in [3.8, 4) is 0 Å². The molecule has 0 aliphatic carbocycles. The van der Waals surface area contributed by atoms with E-state index in [1.165, 1.54) is 141 Å². The fraction of sp³-hybridized carbons (Fsp3) is 0.762. The summed E-state index contributed by atoms with van der Waals surface area (Å²) in [5.74, 6) is -0.213. The van der Waals surface area contributed by atoms with Gasteiger partial charge in [0.25, 0.3) is 7.82 Å². The summed E-state index contributed by atoms with van der Waals surface area (Å²) in [6.45, 7) is 4.54. The highest BCUT2D eigenvalue weighted by molar-refractivity contribution is 7.45. The molecule has 0 spiro atoms. The van der Waals surface area contributed by atoms with Crippen LogP contribution in [0.1, 0.15) is 258 Å². The Morgan fingerprint density at radius 3 is 1.24 bits per heavy atom. The van der Waals surface area contributed by atoms with Gasteiger partial charge in [-0.15, -0.1) is 0 Å². The van der Waals surface area contributed by atoms with Crippen molar-refractivity contribution in [2.75, 3.05) is 40.9 Å². The van der Waals surface area contributed by atoms with Gasteiger partial charge in [-0.25, -0.2) is 0 Å². The lowest BCUT2D eigenvalue weighted by Gasteiger charge is -2.29. The molecular weight excluding hydrogens is 912 g/mol. The number of likely N-dealkylation sites (N-methyl/N-ethyl adjacent to an activating group) is 1. The maximum absolute atomic E-state index is 13.0. The predicted octanol–water partition coefficient (Wildman–Crippen LogP) is 17.8. The van der Waals surface area contributed by atoms with Crippen molar-refractivity contribution in [2.24, 2.45) is 0 Å². The molecule has 3 unspecified atom stereocenters. The minimum Gasteiger partial charge on any atom is -0.756 e. The second-order valence-corrected chi connectivity index (χ2v) is 22.7. The van der Waals surface area contributed by atoms with Crippen LogP contribution in [0.3, 0.4) is 0 Å². The average molecular weight is 1030 g/mol. The van der Waals surface area contributed by atoms with Gasteiger partial charge >= 0.3 is 0 Å². The number of aliphatic hydroxyl groups excluding tert-OH is 1. The van der Waals surface area contributed by atoms with Crippen molar-refractivity contribution < 1.29 is 32.9 Å². The van der Waals surface area contributed by atoms with E-state index in [2.05, 4.69) is 92.1 Å². The number of rotatable bonds is 54. The zero-order valence-corrected chi connectivity index (χ0v) is 48.5. The smallest absolute Gasteiger partial charge is 0.268 e. The lowest BCUT2D eigenvalue weighted by molar-refractivity contribution is -0.870. The molecule has 0 heterocycles. The zero-order chi connectivity index (χ0) is 52.7. The van der Waals surface area contributed by atoms with Gasteiger partial charge in [-0.05, 0) is 70.6 Å². The summed E-state index contributed by atoms with van der Waals surface area (Å²) in [5.41, 5.74) is 0. The largest absolute Gasteiger partial charge is 0.756 e. The molecule has 0 aliphatic rings. The molecule has 0 aromatic carbocycles. The van der Waals surface area contributed by atoms with Gasteiger partial charge in [0, 0.05) is 6.42 Å². The number of hydrogen-bond acceptors (Lipinski definition) is 6. The van der Waals surface area contributed by atoms with Gasteiger partial charge in [-0.1, -0.05) is 266 Å². The van der Waals surface area contributed by atoms with E-state index in [0.29, 0.717) is 17.4 Å². The number of phosphoric ester groups is 1. The molecule has 8 nitrogen and oxygen atoms in total. The van der Waals surface area contributed by atoms with E-state index in [1.54, 1.807) is 6.08 Å². The number of nitrogens with zero attached hydrogens (tertiary/aromatic N) is 1. The van der Waals surface area contributed by atoms with Crippen molar-refractivity contribution in [3.63, 3.8) is 0 Å². The summed E-state index contributed by atoms with van der Waals surface area (Å²) in [4.78, 5) is 25.5. The number of aliphatic hydroxyl groups is 1. The topological polar surface area (TPSA) is 108 Å². The first-order chi connectivity index (χ1) is 35.0. The number of quaternary nitrogens is 1. The van der Waals surface area contributed by atoms with Crippen LogP contribution >= 0.6 is 7.82 Å². The molecule has 0 saturated heterocycles. The van der Waals surface area contributed by atoms with Crippen LogP contribution in [0.4, 0.5) is 0 Å². The first-order valence-electron chi connectivity index (χ1n) is 29.9. The highest BCUT2D eigenvalue weighted by Gasteiger charge is 2.23. The Hall–Kier alpha value is -2.32. The fourth-order valence-corrected chi connectivity index (χ4v) is 9.17. The molecule has 418 valence electrons. The van der Waals surface area contributed by atoms with Crippen LogP contribution < -0.4 is 10.2 Å². The molecule has 1 amide bonds. The van der Waals surface area contributed by atoms with Gasteiger partial charge in [0.15, 0.2) is 0 Å². The number of unbranched alkanes of at least 4 members (excludes halogenated alkanes) is 29. The van der Waals surface area contributed by atoms with Crippen LogP contribution in [0.25, 0.3) is 0 Å². The van der Waals surface area contributed by atoms with Crippen molar-refractivity contribution in [3.05, 3.63) is 85.1 Å². The zero-order valence-electron chi connectivity index (χ0n) is 47.6. The monoisotopic (exact) mass is 1030 g/mol. The Morgan fingerprint density at radius 2 is 0.847 bits per heavy atom. The van der Waals surface area contributed by atoms with Gasteiger partial charge in [0.1, 0.15) is 13.2 Å². The minimum atomic E-state index is -4.61. The van der Waals surface area contributed by atoms with Crippen molar-refractivity contribution in [2.45, 2.75) is 270 Å². The van der Waals surface area contributed by atoms with Crippen LogP contribution in [0.15, 0.2) is 85.1 Å². The lowest BCUT2D eigenvalue weighted by atomic mass is 10.0. The SMILES string of the molecule is CC/C=C\C/C=C\C/C=C\C/C=C\C/C=C\C/C=C\CCCCCCCCC(=O)NC(COP(=O)([O-])OCC[N+](C)(C)C)C(O)/C=C/CCCCCCCCCCCCCCCCCCCCCCCCC. The average Bonchev–Trinajstić information content (AvgIpc) is 3.34. The van der Waals surface area contributed by atoms with E-state index in [-0.39, 0.29) is 12.5 Å². The molecule has 0 aromatic rings. The van der Waals surface area contributed by atoms with Crippen LogP contribution in [0, 0.1) is 0 Å². The van der Waals surface area contributed by atoms with E-state index in [9.17, 15) is 19.4 Å². The third-order valence-corrected chi connectivity index (χ3v) is 14.1. The number of carbonyl (C=O) groups is 1. The molecule has 2 N–H and O–H groups in total. The summed E-state index contributed by atoms with van der Waals surface area (Å²) >= 11 is 0. The molecule has 0 bridgehead atoms. The molecule has 3 atom stereocenters. The van der Waals surface area contributed by atoms with E-state index in [4.69, 9.17) is 9.05 Å². The number of hydrogen-bond donors (Lipinski definition) is 2.